The van der Waals surface area contributed by atoms with Crippen LogP contribution in [0.3, 0.4) is 0 Å². The summed E-state index contributed by atoms with van der Waals surface area (Å²) in [5.74, 6) is -1.32. The predicted molar refractivity (Wildman–Crippen MR) is 69.5 cm³/mol. The third-order valence-electron chi connectivity index (χ3n) is 2.46. The van der Waals surface area contributed by atoms with Crippen LogP contribution in [0.4, 0.5) is 5.69 Å². The van der Waals surface area contributed by atoms with Crippen molar-refractivity contribution in [3.8, 4) is 6.07 Å². The summed E-state index contributed by atoms with van der Waals surface area (Å²) in [6.07, 6.45) is 0.325. The maximum atomic E-state index is 11.5. The third-order valence-corrected chi connectivity index (χ3v) is 2.46. The summed E-state index contributed by atoms with van der Waals surface area (Å²) in [4.78, 5) is 22.1. The Labute approximate surface area is 111 Å². The molecule has 6 heteroatoms. The fourth-order valence-corrected chi connectivity index (χ4v) is 1.34. The van der Waals surface area contributed by atoms with Crippen LogP contribution < -0.4 is 10.6 Å². The Morgan fingerprint density at radius 2 is 2.00 bits per heavy atom. The topological polar surface area (TPSA) is 102 Å². The van der Waals surface area contributed by atoms with E-state index in [-0.39, 0.29) is 12.5 Å². The lowest BCUT2D eigenvalue weighted by Crippen LogP contribution is -2.39. The minimum absolute atomic E-state index is 0.0760. The van der Waals surface area contributed by atoms with E-state index < -0.39 is 12.0 Å². The average Bonchev–Trinajstić information content (AvgIpc) is 2.38. The molecule has 0 heterocycles. The Balaban J connectivity index is 2.44. The van der Waals surface area contributed by atoms with Gasteiger partial charge < -0.3 is 10.4 Å². The van der Waals surface area contributed by atoms with Crippen LogP contribution in [-0.2, 0) is 16.0 Å². The van der Waals surface area contributed by atoms with E-state index in [1.165, 1.54) is 6.92 Å². The number of nitriles is 1. The van der Waals surface area contributed by atoms with E-state index in [0.717, 1.165) is 5.56 Å². The van der Waals surface area contributed by atoms with Crippen LogP contribution in [0.1, 0.15) is 12.5 Å². The second-order valence-electron chi connectivity index (χ2n) is 4.02. The summed E-state index contributed by atoms with van der Waals surface area (Å²) in [7, 11) is 0. The van der Waals surface area contributed by atoms with Gasteiger partial charge in [-0.2, -0.15) is 5.26 Å². The van der Waals surface area contributed by atoms with Crippen LogP contribution in [-0.4, -0.2) is 29.6 Å². The van der Waals surface area contributed by atoms with E-state index in [2.05, 4.69) is 10.6 Å². The van der Waals surface area contributed by atoms with Gasteiger partial charge in [0.15, 0.2) is 0 Å². The van der Waals surface area contributed by atoms with Crippen molar-refractivity contribution in [3.63, 3.8) is 0 Å². The SMILES string of the molecule is CC(NCC(=O)Nc1ccc(CC#N)cc1)C(=O)O. The van der Waals surface area contributed by atoms with Crippen LogP contribution in [0.15, 0.2) is 24.3 Å². The van der Waals surface area contributed by atoms with E-state index in [0.29, 0.717) is 12.1 Å². The van der Waals surface area contributed by atoms with Crippen LogP contribution in [0.2, 0.25) is 0 Å². The zero-order chi connectivity index (χ0) is 14.3. The second kappa shape index (κ2) is 7.13. The van der Waals surface area contributed by atoms with Crippen LogP contribution in [0, 0.1) is 11.3 Å². The van der Waals surface area contributed by atoms with E-state index in [1.807, 2.05) is 6.07 Å². The van der Waals surface area contributed by atoms with Gasteiger partial charge in [-0.1, -0.05) is 12.1 Å². The predicted octanol–water partition coefficient (Wildman–Crippen LogP) is 0.754. The highest BCUT2D eigenvalue weighted by Crippen LogP contribution is 2.09. The van der Waals surface area contributed by atoms with Gasteiger partial charge in [0.05, 0.1) is 19.0 Å². The first-order valence-corrected chi connectivity index (χ1v) is 5.75. The number of carboxylic acids is 1. The van der Waals surface area contributed by atoms with Gasteiger partial charge in [0.1, 0.15) is 6.04 Å². The minimum Gasteiger partial charge on any atom is -0.480 e. The molecule has 0 bridgehead atoms. The minimum atomic E-state index is -1.01. The van der Waals surface area contributed by atoms with Crippen molar-refractivity contribution in [2.45, 2.75) is 19.4 Å². The number of benzene rings is 1. The smallest absolute Gasteiger partial charge is 0.320 e. The number of amides is 1. The van der Waals surface area contributed by atoms with Crippen molar-refractivity contribution in [1.29, 1.82) is 5.26 Å². The first-order valence-electron chi connectivity index (χ1n) is 5.75. The molecule has 0 fully saturated rings. The number of carboxylic acid groups (broad SMARTS) is 1. The maximum Gasteiger partial charge on any atom is 0.320 e. The molecule has 6 nitrogen and oxygen atoms in total. The zero-order valence-corrected chi connectivity index (χ0v) is 10.5. The molecule has 0 saturated heterocycles. The number of nitrogens with zero attached hydrogens (tertiary/aromatic N) is 1. The Bertz CT molecular complexity index is 491. The number of aliphatic carboxylic acids is 1. The lowest BCUT2D eigenvalue weighted by molar-refractivity contribution is -0.139. The number of anilines is 1. The molecule has 19 heavy (non-hydrogen) atoms. The van der Waals surface area contributed by atoms with Crippen molar-refractivity contribution in [1.82, 2.24) is 5.32 Å². The van der Waals surface area contributed by atoms with Crippen molar-refractivity contribution in [2.75, 3.05) is 11.9 Å². The molecule has 0 aliphatic rings. The summed E-state index contributed by atoms with van der Waals surface area (Å²) < 4.78 is 0. The summed E-state index contributed by atoms with van der Waals surface area (Å²) in [5, 5.41) is 22.4. The molecule has 0 radical (unpaired) electrons. The van der Waals surface area contributed by atoms with E-state index in [9.17, 15) is 9.59 Å². The van der Waals surface area contributed by atoms with Crippen LogP contribution in [0.25, 0.3) is 0 Å². The number of hydrogen-bond acceptors (Lipinski definition) is 4. The number of carbonyl (C=O) groups excluding carboxylic acids is 1. The molecule has 1 aromatic carbocycles. The summed E-state index contributed by atoms with van der Waals surface area (Å²) in [6, 6.07) is 8.17. The molecular formula is C13H15N3O3. The van der Waals surface area contributed by atoms with Gasteiger partial charge in [0.25, 0.3) is 0 Å². The molecule has 0 spiro atoms. The normalized spacial score (nSPS) is 11.4. The number of carbonyl (C=O) groups is 2. The second-order valence-corrected chi connectivity index (χ2v) is 4.02. The van der Waals surface area contributed by atoms with Crippen molar-refractivity contribution < 1.29 is 14.7 Å². The van der Waals surface area contributed by atoms with Crippen molar-refractivity contribution in [2.24, 2.45) is 0 Å². The molecule has 1 atom stereocenters. The lowest BCUT2D eigenvalue weighted by Gasteiger charge is -2.09. The zero-order valence-electron chi connectivity index (χ0n) is 10.5. The van der Waals surface area contributed by atoms with Gasteiger partial charge in [0.2, 0.25) is 5.91 Å². The molecule has 0 aromatic heterocycles. The Kier molecular flexibility index (Phi) is 5.51. The third kappa shape index (κ3) is 5.19. The van der Waals surface area contributed by atoms with Crippen molar-refractivity contribution in [3.05, 3.63) is 29.8 Å². The molecule has 100 valence electrons. The molecule has 0 aliphatic heterocycles. The molecule has 1 amide bonds. The monoisotopic (exact) mass is 261 g/mol. The number of hydrogen-bond donors (Lipinski definition) is 3. The molecular weight excluding hydrogens is 246 g/mol. The summed E-state index contributed by atoms with van der Waals surface area (Å²) >= 11 is 0. The standard InChI is InChI=1S/C13H15N3O3/c1-9(13(18)19)15-8-12(17)16-11-4-2-10(3-5-11)6-7-14/h2-5,9,15H,6,8H2,1H3,(H,16,17)(H,18,19). The Hall–Kier alpha value is -2.39. The van der Waals surface area contributed by atoms with Crippen LogP contribution >= 0.6 is 0 Å². The largest absolute Gasteiger partial charge is 0.480 e. The molecule has 1 aromatic rings. The first kappa shape index (κ1) is 14.7. The summed E-state index contributed by atoms with van der Waals surface area (Å²) in [5.41, 5.74) is 1.48. The summed E-state index contributed by atoms with van der Waals surface area (Å²) in [6.45, 7) is 1.39. The van der Waals surface area contributed by atoms with Gasteiger partial charge in [-0.25, -0.2) is 0 Å². The number of nitrogens with one attached hydrogen (secondary N) is 2. The highest BCUT2D eigenvalue weighted by atomic mass is 16.4. The molecule has 1 unspecified atom stereocenters. The van der Waals surface area contributed by atoms with Gasteiger partial charge in [0, 0.05) is 5.69 Å². The van der Waals surface area contributed by atoms with E-state index >= 15 is 0 Å². The Morgan fingerprint density at radius 3 is 2.53 bits per heavy atom. The quantitative estimate of drug-likeness (QED) is 0.701. The first-order chi connectivity index (χ1) is 9.02. The van der Waals surface area contributed by atoms with Gasteiger partial charge in [-0.05, 0) is 24.6 Å². The molecule has 3 N–H and O–H groups in total. The lowest BCUT2D eigenvalue weighted by atomic mass is 10.1. The molecule has 0 saturated carbocycles. The Morgan fingerprint density at radius 1 is 1.37 bits per heavy atom. The van der Waals surface area contributed by atoms with Gasteiger partial charge >= 0.3 is 5.97 Å². The van der Waals surface area contributed by atoms with Gasteiger partial charge in [-0.3, -0.25) is 14.9 Å². The highest BCUT2D eigenvalue weighted by Gasteiger charge is 2.11. The average molecular weight is 261 g/mol. The van der Waals surface area contributed by atoms with Gasteiger partial charge in [-0.15, -0.1) is 0 Å². The molecule has 1 rings (SSSR count). The maximum absolute atomic E-state index is 11.5. The fraction of sp³-hybridized carbons (Fsp3) is 0.308. The highest BCUT2D eigenvalue weighted by molar-refractivity contribution is 5.92. The van der Waals surface area contributed by atoms with Crippen LogP contribution in [0.5, 0.6) is 0 Å². The van der Waals surface area contributed by atoms with E-state index in [4.69, 9.17) is 10.4 Å². The van der Waals surface area contributed by atoms with E-state index in [1.54, 1.807) is 24.3 Å². The number of rotatable bonds is 6. The van der Waals surface area contributed by atoms with Crippen molar-refractivity contribution >= 4 is 17.6 Å². The fourth-order valence-electron chi connectivity index (χ4n) is 1.34. The molecule has 0 aliphatic carbocycles.